The molecule has 0 aromatic heterocycles. The minimum absolute atomic E-state index is 0.0611. The lowest BCUT2D eigenvalue weighted by atomic mass is 10.4. The lowest BCUT2D eigenvalue weighted by molar-refractivity contribution is 0.335. The highest BCUT2D eigenvalue weighted by Gasteiger charge is 2.14. The van der Waals surface area contributed by atoms with Gasteiger partial charge in [0.15, 0.2) is 0 Å². The van der Waals surface area contributed by atoms with Crippen molar-refractivity contribution in [1.82, 2.24) is 0 Å². The largest absolute Gasteiger partial charge is 0.359 e. The molecule has 0 saturated carbocycles. The molecular weight excluding hydrogens is 194 g/mol. The van der Waals surface area contributed by atoms with E-state index in [1.54, 1.807) is 6.07 Å². The van der Waals surface area contributed by atoms with E-state index in [0.29, 0.717) is 0 Å². The SMILES string of the molecule is O=C=NOS(=O)(=O)c1ccccc1. The van der Waals surface area contributed by atoms with Crippen molar-refractivity contribution in [1.29, 1.82) is 0 Å². The monoisotopic (exact) mass is 199 g/mol. The molecule has 6 heteroatoms. The zero-order valence-electron chi connectivity index (χ0n) is 6.38. The quantitative estimate of drug-likeness (QED) is 0.407. The van der Waals surface area contributed by atoms with Crippen LogP contribution in [0.3, 0.4) is 0 Å². The molecule has 0 atom stereocenters. The molecule has 1 aromatic rings. The highest BCUT2D eigenvalue weighted by Crippen LogP contribution is 2.10. The summed E-state index contributed by atoms with van der Waals surface area (Å²) in [6.45, 7) is 0. The van der Waals surface area contributed by atoms with Gasteiger partial charge in [0.05, 0.1) is 0 Å². The Bertz CT molecular complexity index is 419. The lowest BCUT2D eigenvalue weighted by Crippen LogP contribution is -2.01. The zero-order valence-corrected chi connectivity index (χ0v) is 7.19. The van der Waals surface area contributed by atoms with Crippen LogP contribution in [0.4, 0.5) is 0 Å². The summed E-state index contributed by atoms with van der Waals surface area (Å²) in [5, 5.41) is 2.53. The normalized spacial score (nSPS) is 10.2. The molecule has 0 heterocycles. The fourth-order valence-electron chi connectivity index (χ4n) is 0.694. The van der Waals surface area contributed by atoms with Crippen LogP contribution in [-0.2, 0) is 19.2 Å². The standard InChI is InChI=1S/C7H5NO4S/c9-6-8-12-13(10,11)7-4-2-1-3-5-7/h1-5H. The molecule has 0 aliphatic rings. The van der Waals surface area contributed by atoms with Crippen LogP contribution in [0.5, 0.6) is 0 Å². The van der Waals surface area contributed by atoms with Gasteiger partial charge in [-0.25, -0.2) is 4.79 Å². The van der Waals surface area contributed by atoms with Crippen LogP contribution in [0.15, 0.2) is 40.4 Å². The van der Waals surface area contributed by atoms with Crippen LogP contribution < -0.4 is 0 Å². The number of carbonyl (C=O) groups excluding carboxylic acids is 1. The van der Waals surface area contributed by atoms with Gasteiger partial charge >= 0.3 is 10.1 Å². The summed E-state index contributed by atoms with van der Waals surface area (Å²) >= 11 is 0. The summed E-state index contributed by atoms with van der Waals surface area (Å²) in [4.78, 5) is 9.54. The molecule has 1 rings (SSSR count). The van der Waals surface area contributed by atoms with E-state index < -0.39 is 10.1 Å². The third-order valence-corrected chi connectivity index (χ3v) is 2.32. The smallest absolute Gasteiger partial charge is 0.253 e. The summed E-state index contributed by atoms with van der Waals surface area (Å²) in [5.41, 5.74) is 0. The Morgan fingerprint density at radius 1 is 1.23 bits per heavy atom. The van der Waals surface area contributed by atoms with Crippen molar-refractivity contribution in [2.45, 2.75) is 4.90 Å². The van der Waals surface area contributed by atoms with E-state index in [2.05, 4.69) is 9.44 Å². The molecule has 68 valence electrons. The first kappa shape index (κ1) is 9.44. The minimum atomic E-state index is -3.95. The van der Waals surface area contributed by atoms with Crippen molar-refractivity contribution < 1.29 is 17.5 Å². The van der Waals surface area contributed by atoms with Crippen molar-refractivity contribution in [2.24, 2.45) is 5.16 Å². The van der Waals surface area contributed by atoms with Gasteiger partial charge < -0.3 is 0 Å². The molecule has 0 saturated heterocycles. The van der Waals surface area contributed by atoms with Crippen molar-refractivity contribution in [3.63, 3.8) is 0 Å². The van der Waals surface area contributed by atoms with E-state index in [0.717, 1.165) is 6.08 Å². The number of isocyanates is 1. The Kier molecular flexibility index (Phi) is 2.79. The highest BCUT2D eigenvalue weighted by molar-refractivity contribution is 7.86. The summed E-state index contributed by atoms with van der Waals surface area (Å²) in [5.74, 6) is 0. The molecule has 0 N–H and O–H groups in total. The van der Waals surface area contributed by atoms with Gasteiger partial charge in [-0.05, 0) is 12.1 Å². The van der Waals surface area contributed by atoms with Crippen LogP contribution >= 0.6 is 0 Å². The summed E-state index contributed by atoms with van der Waals surface area (Å²) in [6, 6.07) is 7.37. The third-order valence-electron chi connectivity index (χ3n) is 1.20. The maximum atomic E-state index is 11.1. The average molecular weight is 199 g/mol. The number of hydrogen-bond donors (Lipinski definition) is 0. The fraction of sp³-hybridized carbons (Fsp3) is 0. The van der Waals surface area contributed by atoms with E-state index in [9.17, 15) is 13.2 Å². The summed E-state index contributed by atoms with van der Waals surface area (Å²) in [6.07, 6.45) is 0.967. The van der Waals surface area contributed by atoms with Crippen molar-refractivity contribution >= 4 is 16.2 Å². The maximum Gasteiger partial charge on any atom is 0.359 e. The maximum absolute atomic E-state index is 11.1. The molecular formula is C7H5NO4S. The zero-order chi connectivity index (χ0) is 9.73. The van der Waals surface area contributed by atoms with Gasteiger partial charge in [0, 0.05) is 5.16 Å². The molecule has 0 spiro atoms. The summed E-state index contributed by atoms with van der Waals surface area (Å²) in [7, 11) is -3.95. The number of hydrogen-bond acceptors (Lipinski definition) is 5. The Morgan fingerprint density at radius 3 is 2.38 bits per heavy atom. The van der Waals surface area contributed by atoms with Crippen molar-refractivity contribution in [2.75, 3.05) is 0 Å². The predicted molar refractivity (Wildman–Crippen MR) is 42.8 cm³/mol. The van der Waals surface area contributed by atoms with Crippen LogP contribution in [0.2, 0.25) is 0 Å². The highest BCUT2D eigenvalue weighted by atomic mass is 32.2. The number of rotatable bonds is 3. The molecule has 0 aliphatic carbocycles. The Hall–Kier alpha value is -1.65. The second-order valence-corrected chi connectivity index (χ2v) is 3.55. The second kappa shape index (κ2) is 3.84. The molecule has 0 bridgehead atoms. The van der Waals surface area contributed by atoms with Crippen LogP contribution in [0, 0.1) is 0 Å². The first-order valence-electron chi connectivity index (χ1n) is 3.23. The first-order valence-corrected chi connectivity index (χ1v) is 4.63. The van der Waals surface area contributed by atoms with Gasteiger partial charge in [0.25, 0.3) is 6.08 Å². The molecule has 0 fully saturated rings. The van der Waals surface area contributed by atoms with E-state index >= 15 is 0 Å². The number of nitrogens with zero attached hydrogens (tertiary/aromatic N) is 1. The molecule has 1 aromatic carbocycles. The van der Waals surface area contributed by atoms with E-state index in [4.69, 9.17) is 0 Å². The van der Waals surface area contributed by atoms with Crippen LogP contribution in [0.25, 0.3) is 0 Å². The van der Waals surface area contributed by atoms with Gasteiger partial charge in [-0.3, -0.25) is 4.28 Å². The van der Waals surface area contributed by atoms with Gasteiger partial charge in [0.2, 0.25) is 0 Å². The Morgan fingerprint density at radius 2 is 1.85 bits per heavy atom. The van der Waals surface area contributed by atoms with Gasteiger partial charge in [-0.2, -0.15) is 8.42 Å². The van der Waals surface area contributed by atoms with Crippen molar-refractivity contribution in [3.05, 3.63) is 30.3 Å². The first-order chi connectivity index (χ1) is 6.17. The van der Waals surface area contributed by atoms with E-state index in [1.807, 2.05) is 0 Å². The molecule has 0 amide bonds. The Balaban J connectivity index is 3.02. The minimum Gasteiger partial charge on any atom is -0.253 e. The Labute approximate surface area is 74.8 Å². The van der Waals surface area contributed by atoms with Crippen LogP contribution in [0.1, 0.15) is 0 Å². The molecule has 5 nitrogen and oxygen atoms in total. The van der Waals surface area contributed by atoms with Gasteiger partial charge in [0.1, 0.15) is 4.90 Å². The summed E-state index contributed by atoms with van der Waals surface area (Å²) < 4.78 is 26.1. The van der Waals surface area contributed by atoms with Crippen molar-refractivity contribution in [3.8, 4) is 0 Å². The van der Waals surface area contributed by atoms with Crippen LogP contribution in [-0.4, -0.2) is 14.5 Å². The van der Waals surface area contributed by atoms with Gasteiger partial charge in [-0.15, -0.1) is 0 Å². The lowest BCUT2D eigenvalue weighted by Gasteiger charge is -1.97. The molecule has 0 unspecified atom stereocenters. The molecule has 0 radical (unpaired) electrons. The second-order valence-electron chi connectivity index (χ2n) is 2.02. The van der Waals surface area contributed by atoms with E-state index in [1.165, 1.54) is 24.3 Å². The molecule has 0 aliphatic heterocycles. The average Bonchev–Trinajstić information content (AvgIpc) is 2.16. The third kappa shape index (κ3) is 2.40. The number of benzene rings is 1. The topological polar surface area (TPSA) is 72.8 Å². The van der Waals surface area contributed by atoms with Gasteiger partial charge in [-0.1, -0.05) is 18.2 Å². The fourth-order valence-corrected chi connectivity index (χ4v) is 1.40. The molecule has 13 heavy (non-hydrogen) atoms. The van der Waals surface area contributed by atoms with E-state index in [-0.39, 0.29) is 4.90 Å². The predicted octanol–water partition coefficient (Wildman–Crippen LogP) is 0.643.